The number of carboxylic acids is 1. The van der Waals surface area contributed by atoms with Gasteiger partial charge in [-0.1, -0.05) is 12.1 Å². The summed E-state index contributed by atoms with van der Waals surface area (Å²) in [6.45, 7) is 0. The van der Waals surface area contributed by atoms with Crippen molar-refractivity contribution in [3.63, 3.8) is 0 Å². The van der Waals surface area contributed by atoms with Gasteiger partial charge in [0.15, 0.2) is 0 Å². The van der Waals surface area contributed by atoms with Gasteiger partial charge in [0.05, 0.1) is 6.42 Å². The van der Waals surface area contributed by atoms with Crippen LogP contribution in [-0.2, 0) is 16.0 Å². The van der Waals surface area contributed by atoms with Gasteiger partial charge < -0.3 is 10.4 Å². The quantitative estimate of drug-likeness (QED) is 0.844. The third-order valence-corrected chi connectivity index (χ3v) is 2.51. The minimum Gasteiger partial charge on any atom is -0.481 e. The van der Waals surface area contributed by atoms with Gasteiger partial charge in [-0.15, -0.1) is 0 Å². The summed E-state index contributed by atoms with van der Waals surface area (Å²) in [5, 5.41) is 11.4. The maximum Gasteiger partial charge on any atom is 0.307 e. The fourth-order valence-corrected chi connectivity index (χ4v) is 1.59. The molecule has 5 nitrogen and oxygen atoms in total. The fourth-order valence-electron chi connectivity index (χ4n) is 1.59. The molecule has 2 N–H and O–H groups in total. The van der Waals surface area contributed by atoms with Crippen LogP contribution in [0.15, 0.2) is 41.0 Å². The van der Waals surface area contributed by atoms with Crippen molar-refractivity contribution in [1.29, 1.82) is 0 Å². The molecule has 1 amide bonds. The first kappa shape index (κ1) is 12.0. The lowest BCUT2D eigenvalue weighted by atomic mass is 10.1. The zero-order valence-corrected chi connectivity index (χ0v) is 9.59. The van der Waals surface area contributed by atoms with E-state index in [1.54, 1.807) is 30.5 Å². The van der Waals surface area contributed by atoms with Crippen molar-refractivity contribution in [2.24, 2.45) is 4.99 Å². The van der Waals surface area contributed by atoms with Crippen molar-refractivity contribution in [3.05, 3.63) is 41.6 Å². The number of carbonyl (C=O) groups excluding carboxylic acids is 1. The first-order valence-electron chi connectivity index (χ1n) is 5.48. The highest BCUT2D eigenvalue weighted by Crippen LogP contribution is 2.13. The Balaban J connectivity index is 1.97. The Morgan fingerprint density at radius 2 is 2.00 bits per heavy atom. The van der Waals surface area contributed by atoms with Crippen LogP contribution >= 0.6 is 0 Å². The molecular formula is C13H12N2O3. The standard InChI is InChI=1S/C13H12N2O3/c16-12(17)7-9-1-3-11(4-2-9)15-13(18)10-5-6-14-8-10/h1-4,6,8H,5,7H2,(H,15,18)(H,16,17). The maximum atomic E-state index is 11.7. The molecule has 0 spiro atoms. The molecule has 0 saturated carbocycles. The average Bonchev–Trinajstić information content (AvgIpc) is 2.84. The lowest BCUT2D eigenvalue weighted by molar-refractivity contribution is -0.136. The molecule has 1 aromatic carbocycles. The van der Waals surface area contributed by atoms with Gasteiger partial charge in [-0.25, -0.2) is 0 Å². The Morgan fingerprint density at radius 3 is 2.56 bits per heavy atom. The van der Waals surface area contributed by atoms with Crippen molar-refractivity contribution >= 4 is 23.8 Å². The molecule has 1 aromatic rings. The van der Waals surface area contributed by atoms with Gasteiger partial charge in [-0.05, 0) is 17.7 Å². The molecule has 2 rings (SSSR count). The highest BCUT2D eigenvalue weighted by atomic mass is 16.4. The molecule has 0 unspecified atom stereocenters. The van der Waals surface area contributed by atoms with E-state index in [4.69, 9.17) is 5.11 Å². The summed E-state index contributed by atoms with van der Waals surface area (Å²) >= 11 is 0. The maximum absolute atomic E-state index is 11.7. The van der Waals surface area contributed by atoms with Gasteiger partial charge in [0.2, 0.25) is 0 Å². The second-order valence-electron chi connectivity index (χ2n) is 3.91. The number of carbonyl (C=O) groups is 2. The first-order chi connectivity index (χ1) is 8.65. The monoisotopic (exact) mass is 244 g/mol. The number of nitrogens with zero attached hydrogens (tertiary/aromatic N) is 1. The van der Waals surface area contributed by atoms with Crippen LogP contribution in [0.2, 0.25) is 0 Å². The summed E-state index contributed by atoms with van der Waals surface area (Å²) in [5.74, 6) is -1.06. The SMILES string of the molecule is O=C(O)Cc1ccc(NC(=O)C2=CN=CC2)cc1. The number of nitrogens with one attached hydrogen (secondary N) is 1. The second-order valence-corrected chi connectivity index (χ2v) is 3.91. The van der Waals surface area contributed by atoms with Crippen molar-refractivity contribution < 1.29 is 14.7 Å². The number of anilines is 1. The topological polar surface area (TPSA) is 78.8 Å². The van der Waals surface area contributed by atoms with Crippen molar-refractivity contribution in [2.75, 3.05) is 5.32 Å². The highest BCUT2D eigenvalue weighted by molar-refractivity contribution is 6.06. The molecule has 92 valence electrons. The Kier molecular flexibility index (Phi) is 3.52. The molecule has 0 saturated heterocycles. The third-order valence-electron chi connectivity index (χ3n) is 2.51. The van der Waals surface area contributed by atoms with Gasteiger partial charge in [0.25, 0.3) is 5.91 Å². The van der Waals surface area contributed by atoms with Crippen molar-refractivity contribution in [2.45, 2.75) is 12.8 Å². The fraction of sp³-hybridized carbons (Fsp3) is 0.154. The summed E-state index contributed by atoms with van der Waals surface area (Å²) in [6.07, 6.45) is 3.73. The molecule has 0 fully saturated rings. The lowest BCUT2D eigenvalue weighted by Gasteiger charge is -2.05. The van der Waals surface area contributed by atoms with Crippen LogP contribution in [0, 0.1) is 0 Å². The highest BCUT2D eigenvalue weighted by Gasteiger charge is 2.11. The summed E-state index contributed by atoms with van der Waals surface area (Å²) in [4.78, 5) is 26.1. The molecule has 0 atom stereocenters. The molecule has 18 heavy (non-hydrogen) atoms. The van der Waals surface area contributed by atoms with Crippen LogP contribution in [0.4, 0.5) is 5.69 Å². The summed E-state index contributed by atoms with van der Waals surface area (Å²) in [7, 11) is 0. The van der Waals surface area contributed by atoms with Gasteiger partial charge in [0.1, 0.15) is 0 Å². The average molecular weight is 244 g/mol. The predicted octanol–water partition coefficient (Wildman–Crippen LogP) is 1.61. The first-order valence-corrected chi connectivity index (χ1v) is 5.48. The minimum absolute atomic E-state index is 0.0206. The number of benzene rings is 1. The van der Waals surface area contributed by atoms with Crippen molar-refractivity contribution in [3.8, 4) is 0 Å². The van der Waals surface area contributed by atoms with Crippen LogP contribution in [0.1, 0.15) is 12.0 Å². The number of hydrogen-bond donors (Lipinski definition) is 2. The zero-order valence-electron chi connectivity index (χ0n) is 9.59. The smallest absolute Gasteiger partial charge is 0.307 e. The molecule has 0 bridgehead atoms. The molecule has 0 radical (unpaired) electrons. The van der Waals surface area contributed by atoms with Crippen LogP contribution in [-0.4, -0.2) is 23.2 Å². The van der Waals surface area contributed by atoms with Crippen LogP contribution in [0.3, 0.4) is 0 Å². The number of carboxylic acid groups (broad SMARTS) is 1. The number of amides is 1. The van der Waals surface area contributed by atoms with Crippen LogP contribution in [0.5, 0.6) is 0 Å². The van der Waals surface area contributed by atoms with E-state index in [9.17, 15) is 9.59 Å². The minimum atomic E-state index is -0.875. The Morgan fingerprint density at radius 1 is 1.28 bits per heavy atom. The second kappa shape index (κ2) is 5.27. The van der Waals surface area contributed by atoms with E-state index in [1.165, 1.54) is 6.20 Å². The number of hydrogen-bond acceptors (Lipinski definition) is 3. The van der Waals surface area contributed by atoms with Crippen LogP contribution in [0.25, 0.3) is 0 Å². The molecule has 5 heteroatoms. The van der Waals surface area contributed by atoms with E-state index in [0.29, 0.717) is 23.2 Å². The van der Waals surface area contributed by atoms with E-state index in [-0.39, 0.29) is 12.3 Å². The molecule has 1 aliphatic rings. The number of aliphatic imine (C=N–C) groups is 1. The lowest BCUT2D eigenvalue weighted by Crippen LogP contribution is -2.13. The number of rotatable bonds is 4. The summed E-state index contributed by atoms with van der Waals surface area (Å²) < 4.78 is 0. The molecule has 1 aliphatic heterocycles. The molecular weight excluding hydrogens is 232 g/mol. The molecule has 1 heterocycles. The zero-order chi connectivity index (χ0) is 13.0. The van der Waals surface area contributed by atoms with E-state index >= 15 is 0 Å². The van der Waals surface area contributed by atoms with E-state index in [2.05, 4.69) is 10.3 Å². The Bertz CT molecular complexity index is 530. The summed E-state index contributed by atoms with van der Waals surface area (Å²) in [5.41, 5.74) is 1.95. The van der Waals surface area contributed by atoms with Gasteiger partial charge >= 0.3 is 5.97 Å². The summed E-state index contributed by atoms with van der Waals surface area (Å²) in [6, 6.07) is 6.74. The van der Waals surface area contributed by atoms with Gasteiger partial charge in [-0.3, -0.25) is 14.6 Å². The van der Waals surface area contributed by atoms with E-state index in [1.807, 2.05) is 0 Å². The van der Waals surface area contributed by atoms with Gasteiger partial charge in [0, 0.05) is 30.1 Å². The third kappa shape index (κ3) is 3.04. The molecule has 0 aliphatic carbocycles. The van der Waals surface area contributed by atoms with E-state index < -0.39 is 5.97 Å². The normalized spacial score (nSPS) is 13.2. The largest absolute Gasteiger partial charge is 0.481 e. The van der Waals surface area contributed by atoms with Crippen LogP contribution < -0.4 is 5.32 Å². The predicted molar refractivity (Wildman–Crippen MR) is 67.6 cm³/mol. The van der Waals surface area contributed by atoms with Crippen molar-refractivity contribution in [1.82, 2.24) is 0 Å². The van der Waals surface area contributed by atoms with Gasteiger partial charge in [-0.2, -0.15) is 0 Å². The van der Waals surface area contributed by atoms with E-state index in [0.717, 1.165) is 0 Å². The Labute approximate surface area is 104 Å². The molecule has 0 aromatic heterocycles. The Hall–Kier alpha value is -2.43. The number of aliphatic carboxylic acids is 1.